The summed E-state index contributed by atoms with van der Waals surface area (Å²) in [6, 6.07) is 19.0. The molecule has 0 saturated carbocycles. The number of rotatable bonds is 5. The smallest absolute Gasteiger partial charge is 0.409 e. The number of nitrogens with one attached hydrogen (secondary N) is 1. The quantitative estimate of drug-likeness (QED) is 0.623. The Kier molecular flexibility index (Phi) is 9.62. The Labute approximate surface area is 188 Å². The summed E-state index contributed by atoms with van der Waals surface area (Å²) in [5.41, 5.74) is 3.72. The summed E-state index contributed by atoms with van der Waals surface area (Å²) < 4.78 is 0. The van der Waals surface area contributed by atoms with E-state index in [-0.39, 0.29) is 10.8 Å². The molecule has 0 heterocycles. The van der Waals surface area contributed by atoms with E-state index in [1.54, 1.807) is 19.0 Å². The Balaban J connectivity index is 0.000000316. The first kappa shape index (κ1) is 26.1. The van der Waals surface area contributed by atoms with Crippen molar-refractivity contribution in [3.05, 3.63) is 59.7 Å². The van der Waals surface area contributed by atoms with E-state index in [0.717, 1.165) is 24.5 Å². The molecule has 2 aromatic rings. The molecule has 31 heavy (non-hydrogen) atoms. The van der Waals surface area contributed by atoms with Gasteiger partial charge in [-0.2, -0.15) is 10.5 Å². The zero-order valence-electron chi connectivity index (χ0n) is 19.9. The highest BCUT2D eigenvalue weighted by Gasteiger charge is 2.22. The van der Waals surface area contributed by atoms with Crippen LogP contribution >= 0.6 is 0 Å². The Morgan fingerprint density at radius 1 is 0.839 bits per heavy atom. The number of nitrogens with zero attached hydrogens (tertiary/aromatic N) is 3. The second-order valence-corrected chi connectivity index (χ2v) is 10.1. The van der Waals surface area contributed by atoms with Crippen molar-refractivity contribution in [1.82, 2.24) is 0 Å². The summed E-state index contributed by atoms with van der Waals surface area (Å²) in [5, 5.41) is 30.5. The summed E-state index contributed by atoms with van der Waals surface area (Å²) in [7, 11) is -0.540. The van der Waals surface area contributed by atoms with Gasteiger partial charge >= 0.3 is 7.05 Å². The minimum Gasteiger partial charge on any atom is -0.432 e. The molecular formula is C25H35BN4O. The van der Waals surface area contributed by atoms with Crippen molar-refractivity contribution in [2.45, 2.75) is 48.4 Å². The molecule has 2 N–H and O–H groups in total. The van der Waals surface area contributed by atoms with Crippen LogP contribution in [0.15, 0.2) is 48.5 Å². The van der Waals surface area contributed by atoms with Crippen LogP contribution in [-0.2, 0) is 0 Å². The number of nitriles is 2. The summed E-state index contributed by atoms with van der Waals surface area (Å²) in [4.78, 5) is 1.93. The lowest BCUT2D eigenvalue weighted by Gasteiger charge is -2.32. The molecule has 0 unspecified atom stereocenters. The molecule has 0 saturated heterocycles. The number of hydrogen-bond donors (Lipinski definition) is 2. The lowest BCUT2D eigenvalue weighted by atomic mass is 9.80. The van der Waals surface area contributed by atoms with Gasteiger partial charge in [-0.1, -0.05) is 41.5 Å². The van der Waals surface area contributed by atoms with E-state index in [1.807, 2.05) is 41.2 Å². The second-order valence-electron chi connectivity index (χ2n) is 10.1. The van der Waals surface area contributed by atoms with Crippen LogP contribution in [0.1, 0.15) is 52.7 Å². The Hall–Kier alpha value is -2.96. The molecule has 0 aromatic heterocycles. The van der Waals surface area contributed by atoms with Crippen molar-refractivity contribution >= 4 is 18.4 Å². The normalized spacial score (nSPS) is 10.8. The van der Waals surface area contributed by atoms with E-state index in [1.165, 1.54) is 0 Å². The van der Waals surface area contributed by atoms with Gasteiger partial charge in [-0.15, -0.1) is 0 Å². The van der Waals surface area contributed by atoms with Crippen molar-refractivity contribution in [3.8, 4) is 12.1 Å². The van der Waals surface area contributed by atoms with Gasteiger partial charge in [0.05, 0.1) is 23.3 Å². The first-order chi connectivity index (χ1) is 14.3. The minimum atomic E-state index is -0.540. The molecule has 2 aromatic carbocycles. The maximum Gasteiger partial charge on any atom is 0.409 e. The van der Waals surface area contributed by atoms with Crippen LogP contribution in [0.2, 0.25) is 6.82 Å². The summed E-state index contributed by atoms with van der Waals surface area (Å²) >= 11 is 0. The van der Waals surface area contributed by atoms with Gasteiger partial charge in [-0.05, 0) is 66.2 Å². The van der Waals surface area contributed by atoms with Crippen molar-refractivity contribution in [3.63, 3.8) is 0 Å². The van der Waals surface area contributed by atoms with Crippen LogP contribution in [-0.4, -0.2) is 25.2 Å². The third-order valence-electron chi connectivity index (χ3n) is 4.26. The number of benzene rings is 2. The fraction of sp³-hybridized carbons (Fsp3) is 0.440. The van der Waals surface area contributed by atoms with Gasteiger partial charge < -0.3 is 15.2 Å². The highest BCUT2D eigenvalue weighted by atomic mass is 16.2. The van der Waals surface area contributed by atoms with E-state index in [0.29, 0.717) is 11.1 Å². The molecule has 164 valence electrons. The predicted molar refractivity (Wildman–Crippen MR) is 131 cm³/mol. The lowest BCUT2D eigenvalue weighted by Crippen LogP contribution is -2.42. The van der Waals surface area contributed by atoms with Gasteiger partial charge in [0.2, 0.25) is 0 Å². The van der Waals surface area contributed by atoms with Crippen LogP contribution < -0.4 is 10.1 Å². The van der Waals surface area contributed by atoms with Crippen LogP contribution in [0.4, 0.5) is 11.4 Å². The SMILES string of the molecule is CB(O)N(CC(C)(C)C)c1ccc(C#N)cc1.CC(C)(C)CNc1ccc(C#N)cc1. The molecule has 0 atom stereocenters. The molecule has 0 aliphatic rings. The maximum atomic E-state index is 9.82. The van der Waals surface area contributed by atoms with Crippen molar-refractivity contribution in [2.24, 2.45) is 10.8 Å². The van der Waals surface area contributed by atoms with Gasteiger partial charge in [0.15, 0.2) is 0 Å². The summed E-state index contributed by atoms with van der Waals surface area (Å²) in [6.07, 6.45) is 0. The molecule has 0 spiro atoms. The van der Waals surface area contributed by atoms with E-state index in [2.05, 4.69) is 59.0 Å². The van der Waals surface area contributed by atoms with E-state index < -0.39 is 7.05 Å². The number of hydrogen-bond acceptors (Lipinski definition) is 5. The summed E-state index contributed by atoms with van der Waals surface area (Å²) in [6.45, 7) is 16.4. The van der Waals surface area contributed by atoms with E-state index in [9.17, 15) is 5.02 Å². The second kappa shape index (κ2) is 11.4. The first-order valence-electron chi connectivity index (χ1n) is 10.5. The molecule has 0 aliphatic heterocycles. The highest BCUT2D eigenvalue weighted by molar-refractivity contribution is 6.53. The van der Waals surface area contributed by atoms with Crippen LogP contribution in [0, 0.1) is 33.5 Å². The topological polar surface area (TPSA) is 83.1 Å². The number of anilines is 2. The molecule has 6 heteroatoms. The standard InChI is InChI=1S/C13H19BN2O.C12H16N2/c1-13(2,3)10-16(14(4)17)12-7-5-11(9-15)6-8-12;1-12(2,3)9-14-11-6-4-10(8-13)5-7-11/h5-8,17H,10H2,1-4H3;4-7,14H,9H2,1-3H3. The largest absolute Gasteiger partial charge is 0.432 e. The van der Waals surface area contributed by atoms with Crippen LogP contribution in [0.3, 0.4) is 0 Å². The third-order valence-corrected chi connectivity index (χ3v) is 4.26. The first-order valence-corrected chi connectivity index (χ1v) is 10.5. The highest BCUT2D eigenvalue weighted by Crippen LogP contribution is 2.22. The summed E-state index contributed by atoms with van der Waals surface area (Å²) in [5.74, 6) is 0. The molecule has 2 rings (SSSR count). The predicted octanol–water partition coefficient (Wildman–Crippen LogP) is 5.54. The lowest BCUT2D eigenvalue weighted by molar-refractivity contribution is 0.419. The monoisotopic (exact) mass is 418 g/mol. The fourth-order valence-corrected chi connectivity index (χ4v) is 2.71. The maximum absolute atomic E-state index is 9.82. The molecule has 5 nitrogen and oxygen atoms in total. The molecule has 0 aliphatic carbocycles. The molecule has 0 amide bonds. The average molecular weight is 418 g/mol. The zero-order chi connectivity index (χ0) is 23.7. The molecular weight excluding hydrogens is 383 g/mol. The van der Waals surface area contributed by atoms with Gasteiger partial charge in [-0.3, -0.25) is 0 Å². The Morgan fingerprint density at radius 3 is 1.65 bits per heavy atom. The van der Waals surface area contributed by atoms with Crippen molar-refractivity contribution < 1.29 is 5.02 Å². The molecule has 0 fully saturated rings. The molecule has 0 radical (unpaired) electrons. The van der Waals surface area contributed by atoms with Crippen LogP contribution in [0.25, 0.3) is 0 Å². The van der Waals surface area contributed by atoms with E-state index >= 15 is 0 Å². The Morgan fingerprint density at radius 2 is 1.29 bits per heavy atom. The fourth-order valence-electron chi connectivity index (χ4n) is 2.71. The van der Waals surface area contributed by atoms with Gasteiger partial charge in [0.1, 0.15) is 0 Å². The van der Waals surface area contributed by atoms with Gasteiger partial charge in [-0.25, -0.2) is 0 Å². The van der Waals surface area contributed by atoms with Crippen molar-refractivity contribution in [2.75, 3.05) is 23.2 Å². The van der Waals surface area contributed by atoms with Gasteiger partial charge in [0.25, 0.3) is 0 Å². The third kappa shape index (κ3) is 10.6. The van der Waals surface area contributed by atoms with Crippen LogP contribution in [0.5, 0.6) is 0 Å². The Bertz CT molecular complexity index is 880. The van der Waals surface area contributed by atoms with Crippen molar-refractivity contribution in [1.29, 1.82) is 10.5 Å². The van der Waals surface area contributed by atoms with E-state index in [4.69, 9.17) is 10.5 Å². The molecule has 0 bridgehead atoms. The minimum absolute atomic E-state index is 0.102. The zero-order valence-corrected chi connectivity index (χ0v) is 19.9. The average Bonchev–Trinajstić information content (AvgIpc) is 2.70. The van der Waals surface area contributed by atoms with Gasteiger partial charge in [0, 0.05) is 24.5 Å².